The molecular formula is C18H23N3O4S2. The zero-order valence-electron chi connectivity index (χ0n) is 15.0. The number of carbonyl (C=O) groups is 1. The number of nitrogens with one attached hydrogen (secondary N) is 2. The zero-order valence-corrected chi connectivity index (χ0v) is 16.6. The molecule has 7 nitrogen and oxygen atoms in total. The first-order valence-corrected chi connectivity index (χ1v) is 11.3. The van der Waals surface area contributed by atoms with Crippen LogP contribution >= 0.6 is 11.3 Å². The highest BCUT2D eigenvalue weighted by Crippen LogP contribution is 2.37. The van der Waals surface area contributed by atoms with Crippen LogP contribution in [0.3, 0.4) is 0 Å². The molecule has 1 aliphatic rings. The zero-order chi connectivity index (χ0) is 19.4. The molecule has 9 heteroatoms. The summed E-state index contributed by atoms with van der Waals surface area (Å²) in [5.74, 6) is 0.285. The van der Waals surface area contributed by atoms with E-state index in [2.05, 4.69) is 10.0 Å². The van der Waals surface area contributed by atoms with E-state index in [9.17, 15) is 13.2 Å². The minimum absolute atomic E-state index is 0.00386. The van der Waals surface area contributed by atoms with Gasteiger partial charge in [0, 0.05) is 29.4 Å². The average molecular weight is 410 g/mol. The van der Waals surface area contributed by atoms with Gasteiger partial charge in [0.2, 0.25) is 10.0 Å². The van der Waals surface area contributed by atoms with Crippen LogP contribution in [0.25, 0.3) is 11.3 Å². The number of amides is 1. The molecular weight excluding hydrogens is 386 g/mol. The van der Waals surface area contributed by atoms with Crippen molar-refractivity contribution in [1.29, 1.82) is 0 Å². The number of benzene rings is 1. The predicted molar refractivity (Wildman–Crippen MR) is 105 cm³/mol. The van der Waals surface area contributed by atoms with Crippen molar-refractivity contribution in [2.75, 3.05) is 6.54 Å². The maximum Gasteiger partial charge on any atom is 0.404 e. The molecule has 0 aliphatic heterocycles. The lowest BCUT2D eigenvalue weighted by Crippen LogP contribution is -2.36. The highest BCUT2D eigenvalue weighted by molar-refractivity contribution is 7.89. The van der Waals surface area contributed by atoms with E-state index in [0.29, 0.717) is 17.8 Å². The van der Waals surface area contributed by atoms with Gasteiger partial charge in [-0.1, -0.05) is 25.1 Å². The van der Waals surface area contributed by atoms with E-state index in [1.807, 2.05) is 11.4 Å². The first-order chi connectivity index (χ1) is 12.9. The van der Waals surface area contributed by atoms with Crippen LogP contribution in [0.5, 0.6) is 0 Å². The SMILES string of the molecule is CCNS(=O)(=O)c1ccccc1-c1csc([C@H]2CC[C@H](NC(=O)O)CC2)n1. The Morgan fingerprint density at radius 2 is 1.96 bits per heavy atom. The van der Waals surface area contributed by atoms with Crippen LogP contribution in [0.2, 0.25) is 0 Å². The van der Waals surface area contributed by atoms with Crippen LogP contribution in [0.4, 0.5) is 4.79 Å². The highest BCUT2D eigenvalue weighted by Gasteiger charge is 2.26. The van der Waals surface area contributed by atoms with Gasteiger partial charge in [-0.25, -0.2) is 22.9 Å². The molecule has 0 saturated heterocycles. The highest BCUT2D eigenvalue weighted by atomic mass is 32.2. The molecule has 1 saturated carbocycles. The van der Waals surface area contributed by atoms with Crippen LogP contribution in [0.15, 0.2) is 34.5 Å². The first kappa shape index (κ1) is 19.8. The summed E-state index contributed by atoms with van der Waals surface area (Å²) < 4.78 is 27.5. The van der Waals surface area contributed by atoms with Crippen molar-refractivity contribution in [3.8, 4) is 11.3 Å². The van der Waals surface area contributed by atoms with Gasteiger partial charge in [-0.2, -0.15) is 0 Å². The summed E-state index contributed by atoms with van der Waals surface area (Å²) in [5.41, 5.74) is 1.26. The van der Waals surface area contributed by atoms with Gasteiger partial charge in [0.1, 0.15) is 0 Å². The fourth-order valence-electron chi connectivity index (χ4n) is 3.44. The summed E-state index contributed by atoms with van der Waals surface area (Å²) in [6, 6.07) is 6.88. The molecule has 1 heterocycles. The molecule has 1 amide bonds. The number of carboxylic acid groups (broad SMARTS) is 1. The third-order valence-electron chi connectivity index (χ3n) is 4.71. The molecule has 0 radical (unpaired) electrons. The largest absolute Gasteiger partial charge is 0.465 e. The number of rotatable bonds is 6. The van der Waals surface area contributed by atoms with Crippen molar-refractivity contribution >= 4 is 27.5 Å². The predicted octanol–water partition coefficient (Wildman–Crippen LogP) is 3.40. The maximum absolute atomic E-state index is 12.5. The number of hydrogen-bond donors (Lipinski definition) is 3. The molecule has 2 aromatic rings. The molecule has 1 aromatic heterocycles. The lowest BCUT2D eigenvalue weighted by Gasteiger charge is -2.27. The summed E-state index contributed by atoms with van der Waals surface area (Å²) in [6.07, 6.45) is 2.34. The van der Waals surface area contributed by atoms with Gasteiger partial charge >= 0.3 is 6.09 Å². The van der Waals surface area contributed by atoms with Crippen LogP contribution < -0.4 is 10.0 Å². The molecule has 0 atom stereocenters. The summed E-state index contributed by atoms with van der Waals surface area (Å²) >= 11 is 1.54. The third-order valence-corrected chi connectivity index (χ3v) is 7.32. The van der Waals surface area contributed by atoms with Crippen LogP contribution in [-0.2, 0) is 10.0 Å². The fraction of sp³-hybridized carbons (Fsp3) is 0.444. The normalized spacial score (nSPS) is 20.3. The van der Waals surface area contributed by atoms with Gasteiger partial charge in [0.05, 0.1) is 15.6 Å². The molecule has 146 valence electrons. The second-order valence-corrected chi connectivity index (χ2v) is 9.19. The van der Waals surface area contributed by atoms with Crippen molar-refractivity contribution in [1.82, 2.24) is 15.0 Å². The van der Waals surface area contributed by atoms with Gasteiger partial charge in [0.25, 0.3) is 0 Å². The lowest BCUT2D eigenvalue weighted by atomic mass is 9.86. The van der Waals surface area contributed by atoms with Crippen molar-refractivity contribution in [2.45, 2.75) is 49.5 Å². The van der Waals surface area contributed by atoms with Crippen LogP contribution in [-0.4, -0.2) is 37.2 Å². The number of aromatic nitrogens is 1. The maximum atomic E-state index is 12.5. The Morgan fingerprint density at radius 1 is 1.26 bits per heavy atom. The van der Waals surface area contributed by atoms with Crippen molar-refractivity contribution < 1.29 is 18.3 Å². The molecule has 1 aliphatic carbocycles. The Balaban J connectivity index is 1.79. The summed E-state index contributed by atoms with van der Waals surface area (Å²) in [7, 11) is -3.57. The molecule has 0 unspecified atom stereocenters. The van der Waals surface area contributed by atoms with Crippen LogP contribution in [0, 0.1) is 0 Å². The first-order valence-electron chi connectivity index (χ1n) is 8.94. The lowest BCUT2D eigenvalue weighted by molar-refractivity contribution is 0.185. The molecule has 1 fully saturated rings. The quantitative estimate of drug-likeness (QED) is 0.678. The molecule has 0 bridgehead atoms. The Kier molecular flexibility index (Phi) is 6.13. The monoisotopic (exact) mass is 409 g/mol. The number of sulfonamides is 1. The Hall–Kier alpha value is -1.97. The van der Waals surface area contributed by atoms with E-state index in [1.165, 1.54) is 11.3 Å². The average Bonchev–Trinajstić information content (AvgIpc) is 3.12. The number of nitrogens with zero attached hydrogens (tertiary/aromatic N) is 1. The topological polar surface area (TPSA) is 108 Å². The second-order valence-electron chi connectivity index (χ2n) is 6.57. The third kappa shape index (κ3) is 4.66. The standard InChI is InChI=1S/C18H23N3O4S2/c1-2-19-27(24,25)16-6-4-3-5-14(16)15-11-26-17(21-15)12-7-9-13(10-8-12)20-18(22)23/h3-6,11-13,19-20H,2,7-10H2,1H3,(H,22,23)/t12-,13-. The molecule has 1 aromatic carbocycles. The van der Waals surface area contributed by atoms with Crippen molar-refractivity contribution in [3.05, 3.63) is 34.7 Å². The number of thiazole rings is 1. The smallest absolute Gasteiger partial charge is 0.404 e. The molecule has 3 rings (SSSR count). The fourth-order valence-corrected chi connectivity index (χ4v) is 5.69. The van der Waals surface area contributed by atoms with E-state index in [1.54, 1.807) is 25.1 Å². The van der Waals surface area contributed by atoms with Gasteiger partial charge < -0.3 is 10.4 Å². The minimum atomic E-state index is -3.57. The summed E-state index contributed by atoms with van der Waals surface area (Å²) in [5, 5.41) is 14.3. The summed E-state index contributed by atoms with van der Waals surface area (Å²) in [6.45, 7) is 2.07. The van der Waals surface area contributed by atoms with E-state index < -0.39 is 16.1 Å². The van der Waals surface area contributed by atoms with Gasteiger partial charge in [-0.15, -0.1) is 11.3 Å². The van der Waals surface area contributed by atoms with E-state index in [4.69, 9.17) is 10.1 Å². The minimum Gasteiger partial charge on any atom is -0.465 e. The molecule has 3 N–H and O–H groups in total. The Morgan fingerprint density at radius 3 is 2.63 bits per heavy atom. The van der Waals surface area contributed by atoms with Crippen molar-refractivity contribution in [3.63, 3.8) is 0 Å². The summed E-state index contributed by atoms with van der Waals surface area (Å²) in [4.78, 5) is 15.7. The van der Waals surface area contributed by atoms with E-state index in [-0.39, 0.29) is 16.9 Å². The van der Waals surface area contributed by atoms with Gasteiger partial charge in [0.15, 0.2) is 0 Å². The van der Waals surface area contributed by atoms with Crippen LogP contribution in [0.1, 0.15) is 43.5 Å². The molecule has 27 heavy (non-hydrogen) atoms. The Bertz CT molecular complexity index is 903. The Labute approximate surface area is 162 Å². The molecule has 0 spiro atoms. The van der Waals surface area contributed by atoms with Gasteiger partial charge in [-0.3, -0.25) is 0 Å². The van der Waals surface area contributed by atoms with Crippen molar-refractivity contribution in [2.24, 2.45) is 0 Å². The van der Waals surface area contributed by atoms with E-state index in [0.717, 1.165) is 30.7 Å². The second kappa shape index (κ2) is 8.37. The van der Waals surface area contributed by atoms with E-state index >= 15 is 0 Å². The number of hydrogen-bond acceptors (Lipinski definition) is 5. The van der Waals surface area contributed by atoms with Gasteiger partial charge in [-0.05, 0) is 31.7 Å².